The molecule has 0 unspecified atom stereocenters. The van der Waals surface area contributed by atoms with Gasteiger partial charge in [-0.05, 0) is 119 Å². The molecular formula is C66H45N. The lowest BCUT2D eigenvalue weighted by Crippen LogP contribution is -2.30. The highest BCUT2D eigenvalue weighted by atomic mass is 15.1. The Hall–Kier alpha value is -8.52. The average Bonchev–Trinajstić information content (AvgIpc) is 3.89. The molecule has 0 bridgehead atoms. The Bertz CT molecular complexity index is 3530. The Kier molecular flexibility index (Phi) is 9.05. The van der Waals surface area contributed by atoms with Crippen molar-refractivity contribution in [2.75, 3.05) is 4.90 Å². The molecule has 0 fully saturated rings. The molecule has 1 heteroatoms. The summed E-state index contributed by atoms with van der Waals surface area (Å²) in [5.41, 5.74) is 19.9. The second-order valence-electron chi connectivity index (χ2n) is 17.9. The van der Waals surface area contributed by atoms with Crippen LogP contribution in [0.4, 0.5) is 17.1 Å². The highest BCUT2D eigenvalue weighted by Gasteiger charge is 2.49. The van der Waals surface area contributed by atoms with E-state index in [2.05, 4.69) is 278 Å². The van der Waals surface area contributed by atoms with Crippen molar-refractivity contribution < 1.29 is 0 Å². The number of hydrogen-bond acceptors (Lipinski definition) is 1. The van der Waals surface area contributed by atoms with Crippen molar-refractivity contribution in [2.45, 2.75) is 10.8 Å². The second-order valence-corrected chi connectivity index (χ2v) is 17.9. The van der Waals surface area contributed by atoms with E-state index in [1.807, 2.05) is 0 Å². The molecule has 67 heavy (non-hydrogen) atoms. The molecule has 0 N–H and O–H groups in total. The lowest BCUT2D eigenvalue weighted by Gasteiger charge is -2.38. The summed E-state index contributed by atoms with van der Waals surface area (Å²) in [6.07, 6.45) is 0. The van der Waals surface area contributed by atoms with Gasteiger partial charge in [-0.3, -0.25) is 0 Å². The van der Waals surface area contributed by atoms with Crippen LogP contribution in [0.1, 0.15) is 44.5 Å². The van der Waals surface area contributed by atoms with Gasteiger partial charge in [-0.2, -0.15) is 0 Å². The molecule has 0 radical (unpaired) electrons. The first-order valence-corrected chi connectivity index (χ1v) is 23.3. The zero-order chi connectivity index (χ0) is 44.4. The molecule has 314 valence electrons. The van der Waals surface area contributed by atoms with Crippen molar-refractivity contribution in [3.8, 4) is 33.4 Å². The summed E-state index contributed by atoms with van der Waals surface area (Å²) in [7, 11) is 0. The summed E-state index contributed by atoms with van der Waals surface area (Å²) in [6.45, 7) is 0. The van der Waals surface area contributed by atoms with Crippen LogP contribution in [0, 0.1) is 0 Å². The minimum absolute atomic E-state index is 0.495. The van der Waals surface area contributed by atoms with E-state index < -0.39 is 10.8 Å². The van der Waals surface area contributed by atoms with Crippen molar-refractivity contribution in [3.05, 3.63) is 317 Å². The number of hydrogen-bond donors (Lipinski definition) is 0. The van der Waals surface area contributed by atoms with Gasteiger partial charge >= 0.3 is 0 Å². The van der Waals surface area contributed by atoms with Gasteiger partial charge in [0.2, 0.25) is 0 Å². The van der Waals surface area contributed by atoms with E-state index in [9.17, 15) is 0 Å². The predicted octanol–water partition coefficient (Wildman–Crippen LogP) is 16.7. The molecule has 0 saturated heterocycles. The number of rotatable bonds is 8. The summed E-state index contributed by atoms with van der Waals surface area (Å²) >= 11 is 0. The number of benzene rings is 11. The molecule has 0 spiro atoms. The van der Waals surface area contributed by atoms with E-state index in [-0.39, 0.29) is 0 Å². The van der Waals surface area contributed by atoms with E-state index in [1.54, 1.807) is 0 Å². The molecule has 2 aliphatic rings. The zero-order valence-corrected chi connectivity index (χ0v) is 36.9. The number of nitrogens with zero attached hydrogens (tertiary/aromatic N) is 1. The van der Waals surface area contributed by atoms with Crippen LogP contribution in [0.3, 0.4) is 0 Å². The van der Waals surface area contributed by atoms with Crippen LogP contribution in [0.2, 0.25) is 0 Å². The van der Waals surface area contributed by atoms with Gasteiger partial charge in [0.05, 0.1) is 16.5 Å². The van der Waals surface area contributed by atoms with Gasteiger partial charge in [0.1, 0.15) is 0 Å². The first-order valence-electron chi connectivity index (χ1n) is 23.3. The van der Waals surface area contributed by atoms with E-state index >= 15 is 0 Å². The van der Waals surface area contributed by atoms with Gasteiger partial charge in [-0.1, -0.05) is 237 Å². The molecule has 0 saturated carbocycles. The van der Waals surface area contributed by atoms with Crippen LogP contribution >= 0.6 is 0 Å². The summed E-state index contributed by atoms with van der Waals surface area (Å²) in [6, 6.07) is 101. The fourth-order valence-corrected chi connectivity index (χ4v) is 11.8. The van der Waals surface area contributed by atoms with Gasteiger partial charge in [-0.25, -0.2) is 0 Å². The van der Waals surface area contributed by atoms with Gasteiger partial charge in [0, 0.05) is 16.9 Å². The van der Waals surface area contributed by atoms with E-state index in [1.165, 1.54) is 88.7 Å². The third-order valence-corrected chi connectivity index (χ3v) is 14.6. The normalized spacial score (nSPS) is 13.6. The Balaban J connectivity index is 1.05. The van der Waals surface area contributed by atoms with Crippen LogP contribution in [-0.4, -0.2) is 0 Å². The van der Waals surface area contributed by atoms with Crippen molar-refractivity contribution in [2.24, 2.45) is 0 Å². The topological polar surface area (TPSA) is 3.24 Å². The van der Waals surface area contributed by atoms with Gasteiger partial charge < -0.3 is 4.90 Å². The summed E-state index contributed by atoms with van der Waals surface area (Å²) in [4.78, 5) is 2.50. The van der Waals surface area contributed by atoms with Crippen LogP contribution in [0.5, 0.6) is 0 Å². The number of fused-ring (bicyclic) bond motifs is 7. The van der Waals surface area contributed by atoms with Crippen LogP contribution in [0.25, 0.3) is 44.2 Å². The molecule has 0 aromatic heterocycles. The summed E-state index contributed by atoms with van der Waals surface area (Å²) < 4.78 is 0. The SMILES string of the molecule is c1ccc(C2(c3ccc(N(c4ccc(-c5ccc6ccccc6c5)cc4)c4cccc5c4C(c4ccccc4)(c4ccccc4)c4ccccc4-5)cc3)c3ccccc3-c3ccccc32)cc1. The van der Waals surface area contributed by atoms with E-state index in [0.29, 0.717) is 0 Å². The van der Waals surface area contributed by atoms with Crippen LogP contribution in [-0.2, 0) is 10.8 Å². The summed E-state index contributed by atoms with van der Waals surface area (Å²) in [5, 5.41) is 2.49. The van der Waals surface area contributed by atoms with E-state index in [0.717, 1.165) is 17.1 Å². The zero-order valence-electron chi connectivity index (χ0n) is 36.9. The molecule has 0 amide bonds. The van der Waals surface area contributed by atoms with Gasteiger partial charge in [-0.15, -0.1) is 0 Å². The second kappa shape index (κ2) is 15.6. The third-order valence-electron chi connectivity index (χ3n) is 14.6. The number of anilines is 3. The first-order chi connectivity index (χ1) is 33.2. The fourth-order valence-electron chi connectivity index (χ4n) is 11.8. The molecule has 11 aromatic carbocycles. The quantitative estimate of drug-likeness (QED) is 0.147. The Morgan fingerprint density at radius 1 is 0.254 bits per heavy atom. The standard InChI is InChI=1S/C66H45N/c1-4-21-50(22-5-1)65(60-31-15-12-27-56(60)57-28-13-16-32-61(57)65)53-39-43-55(44-40-53)67(54-41-37-47(38-42-54)49-36-35-46-19-10-11-20-48(46)45-49)63-34-18-30-59-58-29-14-17-33-62(58)66(64(59)63,51-23-6-2-7-24-51)52-25-8-3-9-26-52/h1-45H. The molecule has 13 rings (SSSR count). The minimum atomic E-state index is -0.594. The van der Waals surface area contributed by atoms with Crippen LogP contribution < -0.4 is 4.90 Å². The monoisotopic (exact) mass is 851 g/mol. The lowest BCUT2D eigenvalue weighted by atomic mass is 9.67. The summed E-state index contributed by atoms with van der Waals surface area (Å²) in [5.74, 6) is 0. The fraction of sp³-hybridized carbons (Fsp3) is 0.0303. The Labute approximate surface area is 392 Å². The molecule has 2 aliphatic carbocycles. The molecular weight excluding hydrogens is 807 g/mol. The lowest BCUT2D eigenvalue weighted by molar-refractivity contribution is 0.766. The largest absolute Gasteiger partial charge is 0.310 e. The first kappa shape index (κ1) is 38.9. The van der Waals surface area contributed by atoms with E-state index in [4.69, 9.17) is 0 Å². The van der Waals surface area contributed by atoms with Gasteiger partial charge in [0.25, 0.3) is 0 Å². The average molecular weight is 852 g/mol. The molecule has 1 nitrogen and oxygen atoms in total. The molecule has 11 aromatic rings. The maximum Gasteiger partial charge on any atom is 0.0734 e. The maximum absolute atomic E-state index is 2.50. The maximum atomic E-state index is 2.50. The highest BCUT2D eigenvalue weighted by Crippen LogP contribution is 2.61. The molecule has 0 heterocycles. The van der Waals surface area contributed by atoms with Crippen LogP contribution in [0.15, 0.2) is 273 Å². The molecule has 0 aliphatic heterocycles. The Morgan fingerprint density at radius 2 is 0.657 bits per heavy atom. The highest BCUT2D eigenvalue weighted by molar-refractivity contribution is 5.95. The van der Waals surface area contributed by atoms with Crippen molar-refractivity contribution in [1.82, 2.24) is 0 Å². The van der Waals surface area contributed by atoms with Crippen molar-refractivity contribution >= 4 is 27.8 Å². The minimum Gasteiger partial charge on any atom is -0.310 e. The molecule has 0 atom stereocenters. The predicted molar refractivity (Wildman–Crippen MR) is 279 cm³/mol. The van der Waals surface area contributed by atoms with Crippen molar-refractivity contribution in [1.29, 1.82) is 0 Å². The van der Waals surface area contributed by atoms with Gasteiger partial charge in [0.15, 0.2) is 0 Å². The Morgan fingerprint density at radius 3 is 1.22 bits per heavy atom. The smallest absolute Gasteiger partial charge is 0.0734 e. The third kappa shape index (κ3) is 5.81. The van der Waals surface area contributed by atoms with Crippen molar-refractivity contribution in [3.63, 3.8) is 0 Å².